The van der Waals surface area contributed by atoms with Crippen molar-refractivity contribution in [1.82, 2.24) is 10.2 Å². The number of phenols is 1. The van der Waals surface area contributed by atoms with E-state index in [1.165, 1.54) is 37.6 Å². The van der Waals surface area contributed by atoms with E-state index in [9.17, 15) is 9.90 Å². The number of hydrogen-bond acceptors (Lipinski definition) is 6. The Balaban J connectivity index is 1.38. The second kappa shape index (κ2) is 10.7. The number of ether oxygens (including phenoxy) is 1. The molecule has 6 heteroatoms. The van der Waals surface area contributed by atoms with Crippen LogP contribution in [0.1, 0.15) is 69.4 Å². The Bertz CT molecular complexity index is 812. The number of fused-ring (bicyclic) bond motifs is 4. The van der Waals surface area contributed by atoms with Crippen LogP contribution in [-0.4, -0.2) is 61.3 Å². The molecule has 2 bridgehead atoms. The number of hydrogen-bond donors (Lipinski definition) is 3. The van der Waals surface area contributed by atoms with E-state index in [4.69, 9.17) is 10.5 Å². The van der Waals surface area contributed by atoms with Crippen LogP contribution in [0.25, 0.3) is 0 Å². The summed E-state index contributed by atoms with van der Waals surface area (Å²) in [5.41, 5.74) is 8.53. The molecule has 1 unspecified atom stereocenters. The minimum absolute atomic E-state index is 0.120. The molecule has 1 aromatic carbocycles. The largest absolute Gasteiger partial charge is 0.508 e. The van der Waals surface area contributed by atoms with Crippen molar-refractivity contribution in [3.8, 4) is 5.75 Å². The number of rotatable bonds is 13. The summed E-state index contributed by atoms with van der Waals surface area (Å²) in [6.45, 7) is 6.26. The molecule has 1 aromatic rings. The predicted molar refractivity (Wildman–Crippen MR) is 131 cm³/mol. The lowest BCUT2D eigenvalue weighted by atomic mass is 9.63. The van der Waals surface area contributed by atoms with Gasteiger partial charge < -0.3 is 20.9 Å². The van der Waals surface area contributed by atoms with Gasteiger partial charge >= 0.3 is 5.97 Å². The van der Waals surface area contributed by atoms with Crippen molar-refractivity contribution in [2.75, 3.05) is 33.3 Å². The molecule has 3 aliphatic rings. The molecule has 2 aliphatic carbocycles. The first-order valence-electron chi connectivity index (χ1n) is 13.1. The molecule has 0 amide bonds. The van der Waals surface area contributed by atoms with Gasteiger partial charge in [0.15, 0.2) is 0 Å². The van der Waals surface area contributed by atoms with E-state index in [-0.39, 0.29) is 17.4 Å². The number of benzene rings is 1. The molecule has 4 rings (SSSR count). The van der Waals surface area contributed by atoms with Crippen molar-refractivity contribution in [2.24, 2.45) is 17.6 Å². The van der Waals surface area contributed by atoms with E-state index in [1.807, 2.05) is 12.1 Å². The highest BCUT2D eigenvalue weighted by atomic mass is 16.5. The standard InChI is InChI=1S/C27H43N3O3/c1-19-25-15-21-10-11-22(31)16-23(21)27(19,18-30(25)17-20-8-9-20)12-4-6-14-29-24(26(32)33-2)7-3-5-13-28/h10-11,16,19-20,24-25,29,31H,3-9,12-15,17-18,28H2,1-2H3/t19-,24-,25+,27?/m0/s1. The molecule has 0 spiro atoms. The maximum Gasteiger partial charge on any atom is 0.322 e. The summed E-state index contributed by atoms with van der Waals surface area (Å²) >= 11 is 0. The maximum atomic E-state index is 12.1. The smallest absolute Gasteiger partial charge is 0.322 e. The van der Waals surface area contributed by atoms with Crippen LogP contribution in [0, 0.1) is 11.8 Å². The normalized spacial score (nSPS) is 27.4. The molecular weight excluding hydrogens is 414 g/mol. The van der Waals surface area contributed by atoms with Gasteiger partial charge in [-0.1, -0.05) is 25.8 Å². The molecule has 1 saturated heterocycles. The van der Waals surface area contributed by atoms with Crippen molar-refractivity contribution in [3.05, 3.63) is 29.3 Å². The third kappa shape index (κ3) is 5.39. The number of aromatic hydroxyl groups is 1. The average molecular weight is 458 g/mol. The van der Waals surface area contributed by atoms with Crippen LogP contribution in [0.15, 0.2) is 18.2 Å². The first-order chi connectivity index (χ1) is 16.0. The fraction of sp³-hybridized carbons (Fsp3) is 0.741. The Hall–Kier alpha value is -1.63. The van der Waals surface area contributed by atoms with E-state index in [1.54, 1.807) is 0 Å². The number of carbonyl (C=O) groups excluding carboxylic acids is 1. The maximum absolute atomic E-state index is 12.1. The van der Waals surface area contributed by atoms with E-state index < -0.39 is 0 Å². The Labute approximate surface area is 199 Å². The van der Waals surface area contributed by atoms with Crippen LogP contribution in [0.3, 0.4) is 0 Å². The highest BCUT2D eigenvalue weighted by molar-refractivity contribution is 5.75. The number of unbranched alkanes of at least 4 members (excludes halogenated alkanes) is 2. The predicted octanol–water partition coefficient (Wildman–Crippen LogP) is 3.35. The molecule has 2 fully saturated rings. The van der Waals surface area contributed by atoms with Crippen LogP contribution >= 0.6 is 0 Å². The summed E-state index contributed by atoms with van der Waals surface area (Å²) in [6.07, 6.45) is 9.77. The number of esters is 1. The summed E-state index contributed by atoms with van der Waals surface area (Å²) in [5, 5.41) is 13.7. The van der Waals surface area contributed by atoms with Gasteiger partial charge in [0.05, 0.1) is 7.11 Å². The summed E-state index contributed by atoms with van der Waals surface area (Å²) in [7, 11) is 1.46. The van der Waals surface area contributed by atoms with Crippen LogP contribution in [0.2, 0.25) is 0 Å². The minimum Gasteiger partial charge on any atom is -0.508 e. The fourth-order valence-corrected chi connectivity index (χ4v) is 6.43. The second-order valence-electron chi connectivity index (χ2n) is 10.7. The average Bonchev–Trinajstić information content (AvgIpc) is 3.60. The third-order valence-electron chi connectivity index (χ3n) is 8.52. The number of phenolic OH excluding ortho intramolecular Hbond substituents is 1. The lowest BCUT2D eigenvalue weighted by Gasteiger charge is -2.40. The van der Waals surface area contributed by atoms with E-state index in [0.29, 0.717) is 24.3 Å². The zero-order chi connectivity index (χ0) is 23.4. The summed E-state index contributed by atoms with van der Waals surface area (Å²) in [6, 6.07) is 6.44. The number of nitrogens with two attached hydrogens (primary N) is 1. The molecule has 1 saturated carbocycles. The Kier molecular flexibility index (Phi) is 7.98. The van der Waals surface area contributed by atoms with E-state index >= 15 is 0 Å². The molecule has 0 aromatic heterocycles. The molecule has 4 atom stereocenters. The van der Waals surface area contributed by atoms with Gasteiger partial charge in [-0.15, -0.1) is 0 Å². The summed E-state index contributed by atoms with van der Waals surface area (Å²) in [5.74, 6) is 1.70. The highest BCUT2D eigenvalue weighted by Crippen LogP contribution is 2.53. The van der Waals surface area contributed by atoms with Crippen molar-refractivity contribution < 1.29 is 14.6 Å². The minimum atomic E-state index is -0.240. The Morgan fingerprint density at radius 2 is 2.12 bits per heavy atom. The summed E-state index contributed by atoms with van der Waals surface area (Å²) in [4.78, 5) is 14.9. The number of methoxy groups -OCH3 is 1. The van der Waals surface area contributed by atoms with Crippen LogP contribution < -0.4 is 11.1 Å². The van der Waals surface area contributed by atoms with Crippen molar-refractivity contribution in [3.63, 3.8) is 0 Å². The first kappa shape index (κ1) is 24.5. The van der Waals surface area contributed by atoms with Gasteiger partial charge in [-0.05, 0) is 93.1 Å². The number of likely N-dealkylation sites (tertiary alicyclic amines) is 1. The number of carbonyl (C=O) groups is 1. The number of nitrogens with one attached hydrogen (secondary N) is 1. The molecule has 4 N–H and O–H groups in total. The van der Waals surface area contributed by atoms with E-state index in [2.05, 4.69) is 23.2 Å². The van der Waals surface area contributed by atoms with Gasteiger partial charge in [0.1, 0.15) is 11.8 Å². The summed E-state index contributed by atoms with van der Waals surface area (Å²) < 4.78 is 4.99. The second-order valence-corrected chi connectivity index (χ2v) is 10.7. The lowest BCUT2D eigenvalue weighted by Crippen LogP contribution is -2.41. The fourth-order valence-electron chi connectivity index (χ4n) is 6.43. The van der Waals surface area contributed by atoms with Gasteiger partial charge in [0, 0.05) is 24.5 Å². The van der Waals surface area contributed by atoms with E-state index in [0.717, 1.165) is 64.0 Å². The van der Waals surface area contributed by atoms with Crippen molar-refractivity contribution in [1.29, 1.82) is 0 Å². The van der Waals surface area contributed by atoms with Gasteiger partial charge in [0.25, 0.3) is 0 Å². The molecule has 6 nitrogen and oxygen atoms in total. The highest BCUT2D eigenvalue weighted by Gasteiger charge is 2.54. The van der Waals surface area contributed by atoms with Crippen molar-refractivity contribution in [2.45, 2.75) is 82.2 Å². The zero-order valence-electron chi connectivity index (χ0n) is 20.5. The van der Waals surface area contributed by atoms with Gasteiger partial charge in [-0.25, -0.2) is 0 Å². The Morgan fingerprint density at radius 1 is 1.30 bits per heavy atom. The monoisotopic (exact) mass is 457 g/mol. The quantitative estimate of drug-likeness (QED) is 0.311. The molecule has 184 valence electrons. The van der Waals surface area contributed by atoms with Crippen LogP contribution in [0.5, 0.6) is 5.75 Å². The molecular formula is C27H43N3O3. The van der Waals surface area contributed by atoms with Crippen LogP contribution in [-0.2, 0) is 21.4 Å². The molecule has 1 aliphatic heterocycles. The topological polar surface area (TPSA) is 87.8 Å². The Morgan fingerprint density at radius 3 is 2.85 bits per heavy atom. The number of nitrogens with zero attached hydrogens (tertiary/aromatic N) is 1. The van der Waals surface area contributed by atoms with Crippen molar-refractivity contribution >= 4 is 5.97 Å². The lowest BCUT2D eigenvalue weighted by molar-refractivity contribution is -0.143. The third-order valence-corrected chi connectivity index (χ3v) is 8.52. The van der Waals surface area contributed by atoms with Gasteiger partial charge in [0.2, 0.25) is 0 Å². The first-order valence-corrected chi connectivity index (χ1v) is 13.1. The molecule has 1 heterocycles. The molecule has 33 heavy (non-hydrogen) atoms. The van der Waals surface area contributed by atoms with Gasteiger partial charge in [-0.3, -0.25) is 9.69 Å². The van der Waals surface area contributed by atoms with Gasteiger partial charge in [-0.2, -0.15) is 0 Å². The SMILES string of the molecule is COC(=O)[C@H](CCCCN)NCCCCC12CN(CC3CC3)[C@H](Cc3ccc(O)cc31)[C@@H]2C. The van der Waals surface area contributed by atoms with Crippen LogP contribution in [0.4, 0.5) is 0 Å². The zero-order valence-corrected chi connectivity index (χ0v) is 20.5. The molecule has 0 radical (unpaired) electrons.